The van der Waals surface area contributed by atoms with Crippen molar-refractivity contribution >= 4 is 51.3 Å². The van der Waals surface area contributed by atoms with E-state index in [1.54, 1.807) is 68.8 Å². The molecule has 0 aliphatic heterocycles. The molecule has 4 aromatic carbocycles. The van der Waals surface area contributed by atoms with Crippen LogP contribution in [-0.2, 0) is 6.61 Å². The molecule has 0 fully saturated rings. The minimum Gasteiger partial charge on any atom is -0.496 e. The lowest BCUT2D eigenvalue weighted by Gasteiger charge is -2.14. The Kier molecular flexibility index (Phi) is 7.56. The van der Waals surface area contributed by atoms with E-state index in [0.29, 0.717) is 55.1 Å². The van der Waals surface area contributed by atoms with Crippen LogP contribution in [0, 0.1) is 0 Å². The molecular weight excluding hydrogens is 577 g/mol. The molecule has 6 rings (SSSR count). The van der Waals surface area contributed by atoms with Gasteiger partial charge in [-0.25, -0.2) is 4.98 Å². The third-order valence-corrected chi connectivity index (χ3v) is 7.36. The average Bonchev–Trinajstić information content (AvgIpc) is 3.46. The van der Waals surface area contributed by atoms with Gasteiger partial charge in [0.2, 0.25) is 5.82 Å². The lowest BCUT2D eigenvalue weighted by atomic mass is 10.2. The highest BCUT2D eigenvalue weighted by Crippen LogP contribution is 2.34. The fourth-order valence-electron chi connectivity index (χ4n) is 4.57. The molecule has 42 heavy (non-hydrogen) atoms. The molecule has 0 aliphatic rings. The predicted molar refractivity (Wildman–Crippen MR) is 165 cm³/mol. The van der Waals surface area contributed by atoms with E-state index in [2.05, 4.69) is 5.10 Å². The molecular formula is C32H23Cl2N3O5. The Morgan fingerprint density at radius 3 is 2.48 bits per heavy atom. The second kappa shape index (κ2) is 11.6. The Morgan fingerprint density at radius 2 is 1.67 bits per heavy atom. The van der Waals surface area contributed by atoms with E-state index in [1.807, 2.05) is 30.3 Å². The monoisotopic (exact) mass is 599 g/mol. The van der Waals surface area contributed by atoms with E-state index in [9.17, 15) is 4.79 Å². The van der Waals surface area contributed by atoms with Gasteiger partial charge in [-0.15, -0.1) is 0 Å². The molecule has 2 heterocycles. The summed E-state index contributed by atoms with van der Waals surface area (Å²) in [5.41, 5.74) is 2.14. The number of methoxy groups -OCH3 is 2. The number of benzene rings is 4. The normalized spacial score (nSPS) is 11.4. The summed E-state index contributed by atoms with van der Waals surface area (Å²) in [5, 5.41) is 6.63. The number of hydrogen-bond donors (Lipinski definition) is 0. The second-order valence-corrected chi connectivity index (χ2v) is 10.0. The molecule has 0 saturated carbocycles. The second-order valence-electron chi connectivity index (χ2n) is 9.21. The van der Waals surface area contributed by atoms with Crippen LogP contribution in [-0.4, -0.2) is 30.1 Å². The van der Waals surface area contributed by atoms with Crippen molar-refractivity contribution < 1.29 is 18.6 Å². The van der Waals surface area contributed by atoms with Crippen molar-refractivity contribution in [3.05, 3.63) is 116 Å². The number of fused-ring (bicyclic) bond motifs is 2. The summed E-state index contributed by atoms with van der Waals surface area (Å²) in [6.45, 7) is 0.196. The van der Waals surface area contributed by atoms with Gasteiger partial charge in [-0.3, -0.25) is 4.79 Å². The number of ether oxygens (including phenoxy) is 3. The van der Waals surface area contributed by atoms with Crippen LogP contribution in [0.1, 0.15) is 11.1 Å². The van der Waals surface area contributed by atoms with Crippen LogP contribution in [0.25, 0.3) is 33.5 Å². The molecule has 2 aromatic heterocycles. The van der Waals surface area contributed by atoms with Gasteiger partial charge in [0.1, 0.15) is 17.9 Å². The van der Waals surface area contributed by atoms with Crippen LogP contribution in [0.2, 0.25) is 10.0 Å². The van der Waals surface area contributed by atoms with Crippen LogP contribution in [0.3, 0.4) is 0 Å². The summed E-state index contributed by atoms with van der Waals surface area (Å²) in [4.78, 5) is 18.5. The Balaban J connectivity index is 1.45. The van der Waals surface area contributed by atoms with E-state index < -0.39 is 0 Å². The fraction of sp³-hybridized carbons (Fsp3) is 0.0938. The van der Waals surface area contributed by atoms with Crippen molar-refractivity contribution in [3.63, 3.8) is 0 Å². The molecule has 0 radical (unpaired) electrons. The van der Waals surface area contributed by atoms with Gasteiger partial charge >= 0.3 is 0 Å². The highest BCUT2D eigenvalue weighted by Gasteiger charge is 2.18. The molecule has 0 N–H and O–H groups in total. The maximum absolute atomic E-state index is 13.7. The van der Waals surface area contributed by atoms with Crippen molar-refractivity contribution in [2.24, 2.45) is 5.10 Å². The quantitative estimate of drug-likeness (QED) is 0.167. The minimum atomic E-state index is -0.361. The van der Waals surface area contributed by atoms with E-state index in [4.69, 9.17) is 46.8 Å². The molecule has 0 unspecified atom stereocenters. The number of aromatic nitrogens is 2. The molecule has 6 aromatic rings. The first-order chi connectivity index (χ1) is 20.5. The van der Waals surface area contributed by atoms with Crippen LogP contribution < -0.4 is 19.8 Å². The van der Waals surface area contributed by atoms with Gasteiger partial charge in [-0.1, -0.05) is 53.5 Å². The van der Waals surface area contributed by atoms with Crippen LogP contribution in [0.15, 0.2) is 99.2 Å². The standard InChI is InChI=1S/C32H23Cl2N3O5/c1-39-26-10-6-11-27-22(26)16-29(42-27)31-36-25-9-4-3-8-21(25)32(38)37(31)35-17-20-7-5-12-28(40-2)30(20)41-18-19-13-14-23(33)24(34)15-19/h3-17H,18H2,1-2H3. The predicted octanol–water partition coefficient (Wildman–Crippen LogP) is 7.59. The number of halogens is 2. The zero-order valence-electron chi connectivity index (χ0n) is 22.5. The fourth-order valence-corrected chi connectivity index (χ4v) is 4.89. The summed E-state index contributed by atoms with van der Waals surface area (Å²) >= 11 is 12.2. The summed E-state index contributed by atoms with van der Waals surface area (Å²) in [6.07, 6.45) is 1.53. The average molecular weight is 600 g/mol. The lowest BCUT2D eigenvalue weighted by Crippen LogP contribution is -2.20. The smallest absolute Gasteiger partial charge is 0.282 e. The van der Waals surface area contributed by atoms with E-state index in [0.717, 1.165) is 10.9 Å². The Bertz CT molecular complexity index is 2030. The highest BCUT2D eigenvalue weighted by atomic mass is 35.5. The summed E-state index contributed by atoms with van der Waals surface area (Å²) in [6, 6.07) is 25.0. The number of rotatable bonds is 8. The molecule has 0 bridgehead atoms. The molecule has 210 valence electrons. The van der Waals surface area contributed by atoms with Crippen LogP contribution in [0.5, 0.6) is 17.2 Å². The largest absolute Gasteiger partial charge is 0.496 e. The van der Waals surface area contributed by atoms with E-state index in [-0.39, 0.29) is 18.0 Å². The SMILES string of the molecule is COc1cccc(C=Nn2c(-c3cc4c(OC)cccc4o3)nc3ccccc3c2=O)c1OCc1ccc(Cl)c(Cl)c1. The maximum Gasteiger partial charge on any atom is 0.282 e. The van der Waals surface area contributed by atoms with Crippen molar-refractivity contribution in [1.29, 1.82) is 0 Å². The molecule has 10 heteroatoms. The van der Waals surface area contributed by atoms with Crippen LogP contribution in [0.4, 0.5) is 0 Å². The van der Waals surface area contributed by atoms with Crippen molar-refractivity contribution in [1.82, 2.24) is 9.66 Å². The Morgan fingerprint density at radius 1 is 0.881 bits per heavy atom. The molecule has 8 nitrogen and oxygen atoms in total. The molecule has 0 atom stereocenters. The zero-order valence-corrected chi connectivity index (χ0v) is 24.0. The minimum absolute atomic E-state index is 0.196. The number of furan rings is 1. The lowest BCUT2D eigenvalue weighted by molar-refractivity contribution is 0.284. The summed E-state index contributed by atoms with van der Waals surface area (Å²) in [7, 11) is 3.14. The third kappa shape index (κ3) is 5.18. The Labute approximate surface area is 250 Å². The molecule has 0 saturated heterocycles. The van der Waals surface area contributed by atoms with Crippen molar-refractivity contribution in [2.45, 2.75) is 6.61 Å². The van der Waals surface area contributed by atoms with Gasteiger partial charge in [-0.05, 0) is 60.2 Å². The van der Waals surface area contributed by atoms with Crippen molar-refractivity contribution in [2.75, 3.05) is 14.2 Å². The van der Waals surface area contributed by atoms with E-state index in [1.165, 1.54) is 10.9 Å². The Hall–Kier alpha value is -4.79. The van der Waals surface area contributed by atoms with E-state index >= 15 is 0 Å². The maximum atomic E-state index is 13.7. The van der Waals surface area contributed by atoms with Crippen LogP contribution >= 0.6 is 23.2 Å². The first-order valence-electron chi connectivity index (χ1n) is 12.8. The zero-order chi connectivity index (χ0) is 29.2. The summed E-state index contributed by atoms with van der Waals surface area (Å²) in [5.74, 6) is 2.16. The van der Waals surface area contributed by atoms with Gasteiger partial charge in [0, 0.05) is 5.56 Å². The van der Waals surface area contributed by atoms with Gasteiger partial charge in [-0.2, -0.15) is 9.78 Å². The first-order valence-corrected chi connectivity index (χ1v) is 13.6. The number of hydrogen-bond acceptors (Lipinski definition) is 7. The third-order valence-electron chi connectivity index (χ3n) is 6.62. The number of para-hydroxylation sites is 2. The summed E-state index contributed by atoms with van der Waals surface area (Å²) < 4.78 is 24.5. The molecule has 0 spiro atoms. The number of nitrogens with zero attached hydrogens (tertiary/aromatic N) is 3. The molecule has 0 amide bonds. The highest BCUT2D eigenvalue weighted by molar-refractivity contribution is 6.42. The van der Waals surface area contributed by atoms with Gasteiger partial charge in [0.15, 0.2) is 17.3 Å². The van der Waals surface area contributed by atoms with Gasteiger partial charge in [0.25, 0.3) is 5.56 Å². The van der Waals surface area contributed by atoms with Gasteiger partial charge in [0.05, 0.1) is 46.8 Å². The topological polar surface area (TPSA) is 88.1 Å². The molecule has 0 aliphatic carbocycles. The van der Waals surface area contributed by atoms with Crippen molar-refractivity contribution in [3.8, 4) is 28.8 Å². The first kappa shape index (κ1) is 27.4. The van der Waals surface area contributed by atoms with Gasteiger partial charge < -0.3 is 18.6 Å².